The molecule has 0 saturated carbocycles. The summed E-state index contributed by atoms with van der Waals surface area (Å²) in [7, 11) is 1.38. The number of ether oxygens (including phenoxy) is 1. The largest absolute Gasteiger partial charge is 0.465 e. The summed E-state index contributed by atoms with van der Waals surface area (Å²) in [6.45, 7) is 1.99. The van der Waals surface area contributed by atoms with Gasteiger partial charge in [-0.2, -0.15) is 0 Å². The van der Waals surface area contributed by atoms with Crippen LogP contribution in [-0.4, -0.2) is 19.0 Å². The van der Waals surface area contributed by atoms with Crippen LogP contribution in [0, 0.1) is 0 Å². The number of carbonyl (C=O) groups is 2. The number of thiophene rings is 1. The number of hydrogen-bond acceptors (Lipinski definition) is 4. The maximum atomic E-state index is 12.8. The zero-order chi connectivity index (χ0) is 17.1. The van der Waals surface area contributed by atoms with Gasteiger partial charge in [0.2, 0.25) is 5.91 Å². The van der Waals surface area contributed by atoms with Gasteiger partial charge in [0.05, 0.1) is 18.6 Å². The molecule has 0 saturated heterocycles. The van der Waals surface area contributed by atoms with Gasteiger partial charge in [0.15, 0.2) is 0 Å². The van der Waals surface area contributed by atoms with Gasteiger partial charge >= 0.3 is 5.97 Å². The van der Waals surface area contributed by atoms with Crippen LogP contribution in [0.4, 0.5) is 5.00 Å². The molecule has 3 rings (SSSR count). The number of rotatable bonds is 5. The van der Waals surface area contributed by atoms with Gasteiger partial charge in [-0.25, -0.2) is 4.79 Å². The van der Waals surface area contributed by atoms with Crippen molar-refractivity contribution in [3.63, 3.8) is 0 Å². The molecule has 0 bridgehead atoms. The van der Waals surface area contributed by atoms with Crippen molar-refractivity contribution in [1.29, 1.82) is 0 Å². The fraction of sp³-hybridized carbons (Fsp3) is 0.368. The minimum absolute atomic E-state index is 0.0752. The monoisotopic (exact) mass is 343 g/mol. The van der Waals surface area contributed by atoms with E-state index in [1.807, 2.05) is 37.3 Å². The first-order valence-corrected chi connectivity index (χ1v) is 9.06. The third-order valence-corrected chi connectivity index (χ3v) is 5.68. The van der Waals surface area contributed by atoms with Crippen molar-refractivity contribution < 1.29 is 14.3 Å². The summed E-state index contributed by atoms with van der Waals surface area (Å²) in [5, 5.41) is 3.61. The van der Waals surface area contributed by atoms with E-state index in [0.717, 1.165) is 30.4 Å². The second-order valence-electron chi connectivity index (χ2n) is 5.91. The highest BCUT2D eigenvalue weighted by molar-refractivity contribution is 7.17. The summed E-state index contributed by atoms with van der Waals surface area (Å²) >= 11 is 1.51. The summed E-state index contributed by atoms with van der Waals surface area (Å²) in [6, 6.07) is 9.73. The van der Waals surface area contributed by atoms with Crippen molar-refractivity contribution in [3.05, 3.63) is 51.9 Å². The summed E-state index contributed by atoms with van der Waals surface area (Å²) < 4.78 is 4.93. The van der Waals surface area contributed by atoms with Gasteiger partial charge < -0.3 is 10.1 Å². The van der Waals surface area contributed by atoms with Gasteiger partial charge in [-0.3, -0.25) is 4.79 Å². The minimum Gasteiger partial charge on any atom is -0.465 e. The van der Waals surface area contributed by atoms with E-state index < -0.39 is 0 Å². The molecule has 1 aliphatic carbocycles. The fourth-order valence-electron chi connectivity index (χ4n) is 3.27. The van der Waals surface area contributed by atoms with Crippen LogP contribution in [0.15, 0.2) is 30.3 Å². The Morgan fingerprint density at radius 1 is 1.25 bits per heavy atom. The molecule has 4 nitrogen and oxygen atoms in total. The lowest BCUT2D eigenvalue weighted by Gasteiger charge is -2.15. The number of anilines is 1. The Labute approximate surface area is 145 Å². The predicted molar refractivity (Wildman–Crippen MR) is 95.8 cm³/mol. The number of carbonyl (C=O) groups excluding carboxylic acids is 2. The molecular weight excluding hydrogens is 322 g/mol. The van der Waals surface area contributed by atoms with Crippen molar-refractivity contribution >= 4 is 28.2 Å². The van der Waals surface area contributed by atoms with E-state index in [1.54, 1.807) is 0 Å². The maximum absolute atomic E-state index is 12.8. The quantitative estimate of drug-likeness (QED) is 0.830. The van der Waals surface area contributed by atoms with Crippen LogP contribution in [0.25, 0.3) is 0 Å². The third-order valence-electron chi connectivity index (χ3n) is 4.47. The predicted octanol–water partition coefficient (Wildman–Crippen LogP) is 4.16. The molecule has 1 N–H and O–H groups in total. The smallest absolute Gasteiger partial charge is 0.341 e. The first-order valence-electron chi connectivity index (χ1n) is 8.24. The molecule has 0 fully saturated rings. The standard InChI is InChI=1S/C19H21NO3S/c1-3-13(12-8-5-4-6-9-12)17(21)20-18-16(19(22)23-2)14-10-7-11-15(14)24-18/h4-6,8-9,13H,3,7,10-11H2,1-2H3,(H,20,21)/t13-/m0/s1. The Kier molecular flexibility index (Phi) is 5.00. The maximum Gasteiger partial charge on any atom is 0.341 e. The van der Waals surface area contributed by atoms with E-state index in [1.165, 1.54) is 23.3 Å². The van der Waals surface area contributed by atoms with E-state index in [2.05, 4.69) is 5.32 Å². The SMILES string of the molecule is CC[C@H](C(=O)Nc1sc2c(c1C(=O)OC)CCC2)c1ccccc1. The molecule has 1 aromatic heterocycles. The van der Waals surface area contributed by atoms with Crippen LogP contribution in [0.2, 0.25) is 0 Å². The molecule has 2 aromatic rings. The summed E-state index contributed by atoms with van der Waals surface area (Å²) in [5.41, 5.74) is 2.59. The Balaban J connectivity index is 1.88. The number of amides is 1. The second-order valence-corrected chi connectivity index (χ2v) is 7.02. The third kappa shape index (κ3) is 3.08. The number of benzene rings is 1. The number of aryl methyl sites for hydroxylation is 1. The fourth-order valence-corrected chi connectivity index (χ4v) is 4.55. The van der Waals surface area contributed by atoms with Gasteiger partial charge in [-0.15, -0.1) is 11.3 Å². The molecule has 1 amide bonds. The van der Waals surface area contributed by atoms with E-state index in [0.29, 0.717) is 17.0 Å². The van der Waals surface area contributed by atoms with Gasteiger partial charge in [-0.1, -0.05) is 37.3 Å². The van der Waals surface area contributed by atoms with Crippen molar-refractivity contribution in [1.82, 2.24) is 0 Å². The van der Waals surface area contributed by atoms with Crippen molar-refractivity contribution in [2.45, 2.75) is 38.5 Å². The number of hydrogen-bond donors (Lipinski definition) is 1. The number of fused-ring (bicyclic) bond motifs is 1. The van der Waals surface area contributed by atoms with Gasteiger partial charge in [-0.05, 0) is 36.8 Å². The van der Waals surface area contributed by atoms with Gasteiger partial charge in [0.25, 0.3) is 0 Å². The van der Waals surface area contributed by atoms with Crippen LogP contribution in [-0.2, 0) is 22.4 Å². The highest BCUT2D eigenvalue weighted by Gasteiger charge is 2.29. The molecule has 1 heterocycles. The van der Waals surface area contributed by atoms with Gasteiger partial charge in [0, 0.05) is 4.88 Å². The Morgan fingerprint density at radius 3 is 2.67 bits per heavy atom. The molecule has 1 aliphatic rings. The molecule has 0 aliphatic heterocycles. The normalized spacial score (nSPS) is 14.1. The van der Waals surface area contributed by atoms with E-state index in [4.69, 9.17) is 4.74 Å². The molecule has 1 aromatic carbocycles. The highest BCUT2D eigenvalue weighted by Crippen LogP contribution is 2.40. The number of esters is 1. The van der Waals surface area contributed by atoms with Crippen LogP contribution in [0.5, 0.6) is 0 Å². The van der Waals surface area contributed by atoms with Crippen LogP contribution < -0.4 is 5.32 Å². The topological polar surface area (TPSA) is 55.4 Å². The van der Waals surface area contributed by atoms with E-state index in [9.17, 15) is 9.59 Å². The lowest BCUT2D eigenvalue weighted by Crippen LogP contribution is -2.21. The minimum atomic E-state index is -0.363. The average molecular weight is 343 g/mol. The molecular formula is C19H21NO3S. The first kappa shape index (κ1) is 16.7. The van der Waals surface area contributed by atoms with Crippen molar-refractivity contribution in [3.8, 4) is 0 Å². The van der Waals surface area contributed by atoms with Crippen molar-refractivity contribution in [2.24, 2.45) is 0 Å². The number of nitrogens with one attached hydrogen (secondary N) is 1. The summed E-state index contributed by atoms with van der Waals surface area (Å²) in [5.74, 6) is -0.667. The van der Waals surface area contributed by atoms with Crippen LogP contribution in [0.3, 0.4) is 0 Å². The van der Waals surface area contributed by atoms with Crippen molar-refractivity contribution in [2.75, 3.05) is 12.4 Å². The highest BCUT2D eigenvalue weighted by atomic mass is 32.1. The molecule has 0 spiro atoms. The molecule has 0 unspecified atom stereocenters. The molecule has 5 heteroatoms. The lowest BCUT2D eigenvalue weighted by molar-refractivity contribution is -0.117. The zero-order valence-electron chi connectivity index (χ0n) is 13.9. The summed E-state index contributed by atoms with van der Waals surface area (Å²) in [4.78, 5) is 26.1. The van der Waals surface area contributed by atoms with Crippen LogP contribution >= 0.6 is 11.3 Å². The Hall–Kier alpha value is -2.14. The zero-order valence-corrected chi connectivity index (χ0v) is 14.7. The molecule has 24 heavy (non-hydrogen) atoms. The Morgan fingerprint density at radius 2 is 2.00 bits per heavy atom. The molecule has 1 atom stereocenters. The summed E-state index contributed by atoms with van der Waals surface area (Å²) in [6.07, 6.45) is 3.60. The second kappa shape index (κ2) is 7.18. The average Bonchev–Trinajstić information content (AvgIpc) is 3.16. The van der Waals surface area contributed by atoms with E-state index >= 15 is 0 Å². The van der Waals surface area contributed by atoms with Gasteiger partial charge in [0.1, 0.15) is 5.00 Å². The Bertz CT molecular complexity index is 751. The van der Waals surface area contributed by atoms with Crippen LogP contribution in [0.1, 0.15) is 52.0 Å². The molecule has 126 valence electrons. The number of methoxy groups -OCH3 is 1. The van der Waals surface area contributed by atoms with E-state index in [-0.39, 0.29) is 17.8 Å². The molecule has 0 radical (unpaired) electrons. The first-order chi connectivity index (χ1) is 11.7. The lowest BCUT2D eigenvalue weighted by atomic mass is 9.95.